The van der Waals surface area contributed by atoms with E-state index >= 15 is 0 Å². The minimum Gasteiger partial charge on any atom is -0.326 e. The Morgan fingerprint density at radius 3 is 2.41 bits per heavy atom. The summed E-state index contributed by atoms with van der Waals surface area (Å²) in [7, 11) is 0. The van der Waals surface area contributed by atoms with Gasteiger partial charge in [0.25, 0.3) is 0 Å². The van der Waals surface area contributed by atoms with Crippen molar-refractivity contribution in [2.75, 3.05) is 19.3 Å². The molecule has 0 aliphatic carbocycles. The minimum atomic E-state index is 0.336. The zero-order valence-corrected chi connectivity index (χ0v) is 11.7. The van der Waals surface area contributed by atoms with Crippen LogP contribution in [0.5, 0.6) is 0 Å². The Hall–Kier alpha value is -0.510. The first-order valence-corrected chi connectivity index (χ1v) is 7.48. The third kappa shape index (κ3) is 2.84. The summed E-state index contributed by atoms with van der Waals surface area (Å²) in [6, 6.07) is 9.70. The monoisotopic (exact) mass is 250 g/mol. The van der Waals surface area contributed by atoms with Crippen molar-refractivity contribution in [1.29, 1.82) is 0 Å². The first-order chi connectivity index (χ1) is 8.11. The number of hydrogen-bond donors (Lipinski definition) is 1. The molecule has 0 aromatic heterocycles. The fourth-order valence-electron chi connectivity index (χ4n) is 2.44. The summed E-state index contributed by atoms with van der Waals surface area (Å²) < 4.78 is 0. The highest BCUT2D eigenvalue weighted by atomic mass is 32.2. The molecule has 3 heteroatoms. The highest BCUT2D eigenvalue weighted by Gasteiger charge is 2.29. The average molecular weight is 250 g/mol. The van der Waals surface area contributed by atoms with Gasteiger partial charge in [-0.3, -0.25) is 4.90 Å². The zero-order valence-electron chi connectivity index (χ0n) is 10.9. The number of likely N-dealkylation sites (tertiary alicyclic amines) is 1. The molecule has 1 aromatic rings. The number of nitrogens with zero attached hydrogens (tertiary/aromatic N) is 1. The fourth-order valence-corrected chi connectivity index (χ4v) is 2.85. The molecule has 1 saturated heterocycles. The predicted molar refractivity (Wildman–Crippen MR) is 75.4 cm³/mol. The van der Waals surface area contributed by atoms with Gasteiger partial charge < -0.3 is 5.73 Å². The molecule has 1 fully saturated rings. The van der Waals surface area contributed by atoms with Gasteiger partial charge in [-0.15, -0.1) is 11.8 Å². The Bertz CT molecular complexity index is 353. The molecular weight excluding hydrogens is 228 g/mol. The standard InChI is InChI=1S/C14H22N2S/c1-10-8-16(9-14(10)15)11(2)12-4-6-13(17-3)7-5-12/h4-7,10-11,14H,8-9,15H2,1-3H3. The second kappa shape index (κ2) is 5.42. The number of thioether (sulfide) groups is 1. The zero-order chi connectivity index (χ0) is 12.4. The topological polar surface area (TPSA) is 29.3 Å². The van der Waals surface area contributed by atoms with E-state index in [0.29, 0.717) is 18.0 Å². The average Bonchev–Trinajstić information content (AvgIpc) is 2.69. The maximum absolute atomic E-state index is 6.09. The molecule has 3 atom stereocenters. The molecule has 2 rings (SSSR count). The molecule has 1 aromatic carbocycles. The number of nitrogens with two attached hydrogens (primary N) is 1. The van der Waals surface area contributed by atoms with Crippen molar-refractivity contribution in [1.82, 2.24) is 4.90 Å². The Morgan fingerprint density at radius 2 is 1.94 bits per heavy atom. The SMILES string of the molecule is CSc1ccc(C(C)N2CC(C)C(N)C2)cc1. The molecule has 1 aliphatic rings. The summed E-state index contributed by atoms with van der Waals surface area (Å²) in [5.41, 5.74) is 7.48. The molecule has 0 bridgehead atoms. The maximum atomic E-state index is 6.09. The van der Waals surface area contributed by atoms with Crippen LogP contribution in [0.15, 0.2) is 29.2 Å². The van der Waals surface area contributed by atoms with E-state index in [-0.39, 0.29) is 0 Å². The van der Waals surface area contributed by atoms with E-state index in [2.05, 4.69) is 49.3 Å². The van der Waals surface area contributed by atoms with Gasteiger partial charge in [-0.1, -0.05) is 19.1 Å². The Kier molecular flexibility index (Phi) is 4.13. The van der Waals surface area contributed by atoms with Crippen molar-refractivity contribution in [3.8, 4) is 0 Å². The van der Waals surface area contributed by atoms with E-state index in [1.807, 2.05) is 0 Å². The Balaban J connectivity index is 2.06. The van der Waals surface area contributed by atoms with Gasteiger partial charge in [-0.05, 0) is 36.8 Å². The molecule has 2 nitrogen and oxygen atoms in total. The Morgan fingerprint density at radius 1 is 1.29 bits per heavy atom. The quantitative estimate of drug-likeness (QED) is 0.836. The third-order valence-corrected chi connectivity index (χ3v) is 4.59. The summed E-state index contributed by atoms with van der Waals surface area (Å²) in [6.45, 7) is 6.66. The van der Waals surface area contributed by atoms with Gasteiger partial charge in [0.2, 0.25) is 0 Å². The van der Waals surface area contributed by atoms with Crippen molar-refractivity contribution >= 4 is 11.8 Å². The van der Waals surface area contributed by atoms with E-state index in [9.17, 15) is 0 Å². The lowest BCUT2D eigenvalue weighted by Gasteiger charge is -2.24. The highest BCUT2D eigenvalue weighted by molar-refractivity contribution is 7.98. The van der Waals surface area contributed by atoms with Crippen molar-refractivity contribution in [3.05, 3.63) is 29.8 Å². The van der Waals surface area contributed by atoms with E-state index in [0.717, 1.165) is 13.1 Å². The molecule has 2 N–H and O–H groups in total. The minimum absolute atomic E-state index is 0.336. The van der Waals surface area contributed by atoms with Crippen LogP contribution in [0.2, 0.25) is 0 Å². The summed E-state index contributed by atoms with van der Waals surface area (Å²) in [4.78, 5) is 3.82. The molecule has 0 radical (unpaired) electrons. The van der Waals surface area contributed by atoms with Gasteiger partial charge in [-0.25, -0.2) is 0 Å². The molecule has 1 heterocycles. The summed E-state index contributed by atoms with van der Waals surface area (Å²) in [5, 5.41) is 0. The lowest BCUT2D eigenvalue weighted by Crippen LogP contribution is -2.29. The molecule has 0 saturated carbocycles. The van der Waals surface area contributed by atoms with Gasteiger partial charge in [0.05, 0.1) is 0 Å². The van der Waals surface area contributed by atoms with Crippen LogP contribution < -0.4 is 5.73 Å². The third-order valence-electron chi connectivity index (χ3n) is 3.84. The van der Waals surface area contributed by atoms with Crippen LogP contribution in [0.25, 0.3) is 0 Å². The van der Waals surface area contributed by atoms with Crippen LogP contribution in [0.1, 0.15) is 25.5 Å². The lowest BCUT2D eigenvalue weighted by molar-refractivity contribution is 0.253. The molecular formula is C14H22N2S. The predicted octanol–water partition coefficient (Wildman–Crippen LogP) is 2.75. The van der Waals surface area contributed by atoms with E-state index in [1.54, 1.807) is 11.8 Å². The van der Waals surface area contributed by atoms with Gasteiger partial charge in [0.1, 0.15) is 0 Å². The van der Waals surface area contributed by atoms with Crippen LogP contribution >= 0.6 is 11.8 Å². The molecule has 1 aliphatic heterocycles. The van der Waals surface area contributed by atoms with Gasteiger partial charge in [-0.2, -0.15) is 0 Å². The van der Waals surface area contributed by atoms with Crippen LogP contribution in [0, 0.1) is 5.92 Å². The van der Waals surface area contributed by atoms with Gasteiger partial charge >= 0.3 is 0 Å². The van der Waals surface area contributed by atoms with Crippen LogP contribution in [0.4, 0.5) is 0 Å². The normalized spacial score (nSPS) is 27.3. The molecule has 94 valence electrons. The first kappa shape index (κ1) is 12.9. The number of hydrogen-bond acceptors (Lipinski definition) is 3. The molecule has 17 heavy (non-hydrogen) atoms. The van der Waals surface area contributed by atoms with E-state index in [4.69, 9.17) is 5.73 Å². The fraction of sp³-hybridized carbons (Fsp3) is 0.571. The van der Waals surface area contributed by atoms with Crippen molar-refractivity contribution in [2.45, 2.75) is 30.8 Å². The number of rotatable bonds is 3. The van der Waals surface area contributed by atoms with Crippen molar-refractivity contribution in [3.63, 3.8) is 0 Å². The van der Waals surface area contributed by atoms with Crippen molar-refractivity contribution in [2.24, 2.45) is 11.7 Å². The van der Waals surface area contributed by atoms with Crippen molar-refractivity contribution < 1.29 is 0 Å². The van der Waals surface area contributed by atoms with Crippen LogP contribution in [-0.2, 0) is 0 Å². The van der Waals surface area contributed by atoms with E-state index in [1.165, 1.54) is 10.5 Å². The van der Waals surface area contributed by atoms with Gasteiger partial charge in [0.15, 0.2) is 0 Å². The van der Waals surface area contributed by atoms with Crippen LogP contribution in [-0.4, -0.2) is 30.3 Å². The summed E-state index contributed by atoms with van der Waals surface area (Å²) >= 11 is 1.79. The second-order valence-electron chi connectivity index (χ2n) is 5.04. The maximum Gasteiger partial charge on any atom is 0.0320 e. The molecule has 0 amide bonds. The first-order valence-electron chi connectivity index (χ1n) is 6.25. The van der Waals surface area contributed by atoms with Crippen LogP contribution in [0.3, 0.4) is 0 Å². The summed E-state index contributed by atoms with van der Waals surface area (Å²) in [5.74, 6) is 0.614. The smallest absolute Gasteiger partial charge is 0.0320 e. The molecule has 3 unspecified atom stereocenters. The van der Waals surface area contributed by atoms with Gasteiger partial charge in [0, 0.05) is 30.1 Å². The summed E-state index contributed by atoms with van der Waals surface area (Å²) in [6.07, 6.45) is 2.11. The number of benzene rings is 1. The second-order valence-corrected chi connectivity index (χ2v) is 5.92. The highest BCUT2D eigenvalue weighted by Crippen LogP contribution is 2.27. The van der Waals surface area contributed by atoms with E-state index < -0.39 is 0 Å². The Labute approximate surface area is 109 Å². The largest absolute Gasteiger partial charge is 0.326 e. The molecule has 0 spiro atoms. The lowest BCUT2D eigenvalue weighted by atomic mass is 10.1.